The lowest BCUT2D eigenvalue weighted by Gasteiger charge is -2.06. The normalized spacial score (nSPS) is 10.6. The molecular formula is C13H12O3. The molecule has 0 aliphatic carbocycles. The lowest BCUT2D eigenvalue weighted by atomic mass is 10.0. The van der Waals surface area contributed by atoms with Crippen LogP contribution in [0.25, 0.3) is 11.0 Å². The number of hydrogen-bond donors (Lipinski definition) is 1. The summed E-state index contributed by atoms with van der Waals surface area (Å²) in [6.07, 6.45) is 0.496. The van der Waals surface area contributed by atoms with Crippen molar-refractivity contribution in [2.24, 2.45) is 0 Å². The van der Waals surface area contributed by atoms with E-state index < -0.39 is 5.63 Å². The first kappa shape index (κ1) is 10.5. The van der Waals surface area contributed by atoms with Crippen molar-refractivity contribution in [3.05, 3.63) is 52.4 Å². The van der Waals surface area contributed by atoms with Gasteiger partial charge in [-0.15, -0.1) is 0 Å². The van der Waals surface area contributed by atoms with E-state index in [0.717, 1.165) is 11.0 Å². The minimum absolute atomic E-state index is 0.129. The third kappa shape index (κ3) is 1.84. The number of phenolic OH excluding ortho intramolecular Hbond substituents is 1. The Kier molecular flexibility index (Phi) is 2.52. The van der Waals surface area contributed by atoms with Gasteiger partial charge in [0.1, 0.15) is 11.3 Å². The molecule has 1 aromatic heterocycles. The van der Waals surface area contributed by atoms with Crippen molar-refractivity contribution >= 4 is 11.0 Å². The minimum Gasteiger partial charge on any atom is -0.508 e. The summed E-state index contributed by atoms with van der Waals surface area (Å²) >= 11 is 0. The summed E-state index contributed by atoms with van der Waals surface area (Å²) in [7, 11) is 0. The maximum Gasteiger partial charge on any atom is 0.336 e. The van der Waals surface area contributed by atoms with Crippen LogP contribution in [0, 0.1) is 0 Å². The molecule has 1 aromatic carbocycles. The number of hydrogen-bond acceptors (Lipinski definition) is 3. The van der Waals surface area contributed by atoms with E-state index in [4.69, 9.17) is 4.42 Å². The van der Waals surface area contributed by atoms with Crippen molar-refractivity contribution in [2.45, 2.75) is 13.3 Å². The summed E-state index contributed by atoms with van der Waals surface area (Å²) in [5, 5.41) is 10.5. The Bertz CT molecular complexity index is 608. The highest BCUT2D eigenvalue weighted by molar-refractivity contribution is 5.82. The lowest BCUT2D eigenvalue weighted by Crippen LogP contribution is -1.97. The summed E-state index contributed by atoms with van der Waals surface area (Å²) in [5.41, 5.74) is 1.54. The van der Waals surface area contributed by atoms with Gasteiger partial charge in [-0.1, -0.05) is 12.2 Å². The van der Waals surface area contributed by atoms with Gasteiger partial charge in [-0.25, -0.2) is 4.79 Å². The topological polar surface area (TPSA) is 50.4 Å². The second-order valence-corrected chi connectivity index (χ2v) is 3.87. The first-order valence-electron chi connectivity index (χ1n) is 4.97. The van der Waals surface area contributed by atoms with Crippen LogP contribution in [0.15, 0.2) is 45.6 Å². The second-order valence-electron chi connectivity index (χ2n) is 3.87. The van der Waals surface area contributed by atoms with Crippen molar-refractivity contribution in [1.82, 2.24) is 0 Å². The number of aromatic hydroxyl groups is 1. The average Bonchev–Trinajstić information content (AvgIpc) is 2.22. The van der Waals surface area contributed by atoms with Gasteiger partial charge in [0.05, 0.1) is 0 Å². The van der Waals surface area contributed by atoms with Crippen LogP contribution in [0.4, 0.5) is 0 Å². The molecule has 3 nitrogen and oxygen atoms in total. The van der Waals surface area contributed by atoms with Gasteiger partial charge < -0.3 is 9.52 Å². The molecule has 0 atom stereocenters. The number of rotatable bonds is 2. The van der Waals surface area contributed by atoms with Gasteiger partial charge >= 0.3 is 5.63 Å². The van der Waals surface area contributed by atoms with Crippen molar-refractivity contribution < 1.29 is 9.52 Å². The molecule has 0 spiro atoms. The highest BCUT2D eigenvalue weighted by Gasteiger charge is 2.09. The number of allylic oxidation sites excluding steroid dienone is 1. The zero-order chi connectivity index (χ0) is 11.7. The Hall–Kier alpha value is -2.03. The molecular weight excluding hydrogens is 204 g/mol. The quantitative estimate of drug-likeness (QED) is 0.620. The van der Waals surface area contributed by atoms with Crippen LogP contribution >= 0.6 is 0 Å². The highest BCUT2D eigenvalue weighted by Crippen LogP contribution is 2.27. The first-order chi connectivity index (χ1) is 7.58. The minimum atomic E-state index is -0.416. The molecule has 2 aromatic rings. The van der Waals surface area contributed by atoms with Crippen LogP contribution in [0.2, 0.25) is 0 Å². The predicted octanol–water partition coefficient (Wildman–Crippen LogP) is 2.62. The fraction of sp³-hybridized carbons (Fsp3) is 0.154. The molecule has 0 bridgehead atoms. The Morgan fingerprint density at radius 1 is 1.38 bits per heavy atom. The standard InChI is InChI=1S/C13H12O3/c1-8(2)7-10-11(14)5-3-9-4-6-12(15)16-13(9)10/h3-6,14H,1,7H2,2H3. The predicted molar refractivity (Wildman–Crippen MR) is 62.7 cm³/mol. The van der Waals surface area contributed by atoms with E-state index >= 15 is 0 Å². The lowest BCUT2D eigenvalue weighted by molar-refractivity contribution is 0.466. The Labute approximate surface area is 92.6 Å². The van der Waals surface area contributed by atoms with E-state index in [1.54, 1.807) is 18.2 Å². The van der Waals surface area contributed by atoms with Gasteiger partial charge in [-0.2, -0.15) is 0 Å². The molecule has 16 heavy (non-hydrogen) atoms. The maximum atomic E-state index is 11.2. The Morgan fingerprint density at radius 2 is 2.06 bits per heavy atom. The van der Waals surface area contributed by atoms with Gasteiger partial charge in [-0.05, 0) is 25.1 Å². The first-order valence-corrected chi connectivity index (χ1v) is 4.97. The van der Waals surface area contributed by atoms with Gasteiger partial charge in [-0.3, -0.25) is 0 Å². The van der Waals surface area contributed by atoms with Crippen LogP contribution in [0.1, 0.15) is 12.5 Å². The zero-order valence-electron chi connectivity index (χ0n) is 8.99. The molecule has 1 N–H and O–H groups in total. The van der Waals surface area contributed by atoms with Crippen molar-refractivity contribution in [3.63, 3.8) is 0 Å². The maximum absolute atomic E-state index is 11.2. The molecule has 82 valence electrons. The monoisotopic (exact) mass is 216 g/mol. The molecule has 0 saturated heterocycles. The SMILES string of the molecule is C=C(C)Cc1c(O)ccc2ccc(=O)oc12. The van der Waals surface area contributed by atoms with Gasteiger partial charge in [0.25, 0.3) is 0 Å². The molecule has 0 aliphatic rings. The molecule has 0 fully saturated rings. The molecule has 0 radical (unpaired) electrons. The van der Waals surface area contributed by atoms with E-state index in [0.29, 0.717) is 17.6 Å². The van der Waals surface area contributed by atoms with Crippen LogP contribution in [-0.4, -0.2) is 5.11 Å². The summed E-state index contributed by atoms with van der Waals surface area (Å²) in [6.45, 7) is 5.65. The highest BCUT2D eigenvalue weighted by atomic mass is 16.4. The number of fused-ring (bicyclic) bond motifs is 1. The van der Waals surface area contributed by atoms with E-state index in [-0.39, 0.29) is 5.75 Å². The zero-order valence-corrected chi connectivity index (χ0v) is 8.99. The molecule has 2 rings (SSSR count). The summed E-state index contributed by atoms with van der Waals surface area (Å²) < 4.78 is 5.12. The van der Waals surface area contributed by atoms with E-state index in [2.05, 4.69) is 6.58 Å². The van der Waals surface area contributed by atoms with Crippen LogP contribution in [-0.2, 0) is 6.42 Å². The number of benzene rings is 1. The van der Waals surface area contributed by atoms with Crippen LogP contribution in [0.3, 0.4) is 0 Å². The van der Waals surface area contributed by atoms with Crippen molar-refractivity contribution in [2.75, 3.05) is 0 Å². The number of phenols is 1. The molecule has 0 unspecified atom stereocenters. The summed E-state index contributed by atoms with van der Waals surface area (Å²) in [6, 6.07) is 6.36. The summed E-state index contributed by atoms with van der Waals surface area (Å²) in [4.78, 5) is 11.2. The Morgan fingerprint density at radius 3 is 2.75 bits per heavy atom. The van der Waals surface area contributed by atoms with E-state index in [1.165, 1.54) is 6.07 Å². The third-order valence-corrected chi connectivity index (χ3v) is 2.35. The fourth-order valence-electron chi connectivity index (χ4n) is 1.65. The third-order valence-electron chi connectivity index (χ3n) is 2.35. The van der Waals surface area contributed by atoms with Gasteiger partial charge in [0.15, 0.2) is 0 Å². The fourth-order valence-corrected chi connectivity index (χ4v) is 1.65. The smallest absolute Gasteiger partial charge is 0.336 e. The second kappa shape index (κ2) is 3.85. The van der Waals surface area contributed by atoms with Crippen molar-refractivity contribution in [3.8, 4) is 5.75 Å². The van der Waals surface area contributed by atoms with Crippen LogP contribution in [0.5, 0.6) is 5.75 Å². The van der Waals surface area contributed by atoms with E-state index in [9.17, 15) is 9.90 Å². The Balaban J connectivity index is 2.77. The largest absolute Gasteiger partial charge is 0.508 e. The molecule has 0 saturated carbocycles. The van der Waals surface area contributed by atoms with E-state index in [1.807, 2.05) is 6.92 Å². The average molecular weight is 216 g/mol. The van der Waals surface area contributed by atoms with Crippen molar-refractivity contribution in [1.29, 1.82) is 0 Å². The molecule has 1 heterocycles. The molecule has 0 amide bonds. The molecule has 3 heteroatoms. The molecule has 0 aliphatic heterocycles. The van der Waals surface area contributed by atoms with Crippen LogP contribution < -0.4 is 5.63 Å². The van der Waals surface area contributed by atoms with Gasteiger partial charge in [0, 0.05) is 23.4 Å². The van der Waals surface area contributed by atoms with Gasteiger partial charge in [0.2, 0.25) is 0 Å². The summed E-state index contributed by atoms with van der Waals surface area (Å²) in [5.74, 6) is 0.129.